The summed E-state index contributed by atoms with van der Waals surface area (Å²) in [6.45, 7) is 1.96. The molecule has 1 aliphatic rings. The molecular formula is C21H15N3O4S. The summed E-state index contributed by atoms with van der Waals surface area (Å²) in [5.41, 5.74) is 2.44. The molecule has 0 radical (unpaired) electrons. The topological polar surface area (TPSA) is 99.4 Å². The normalized spacial score (nSPS) is 16.9. The van der Waals surface area contributed by atoms with Crippen molar-refractivity contribution in [1.29, 1.82) is 0 Å². The smallest absolute Gasteiger partial charge is 0.296 e. The fourth-order valence-corrected chi connectivity index (χ4v) is 4.21. The fourth-order valence-electron chi connectivity index (χ4n) is 3.54. The first-order valence-electron chi connectivity index (χ1n) is 8.89. The first-order chi connectivity index (χ1) is 14.0. The number of aryl methyl sites for hydroxylation is 1. The SMILES string of the molecule is Cc1ccc2nc(N3C(=O)C(O)=C(C(=O)c4cccs4)C3c3ccco3)[nH]c2c1. The maximum Gasteiger partial charge on any atom is 0.296 e. The number of rotatable bonds is 4. The third-order valence-corrected chi connectivity index (χ3v) is 5.73. The van der Waals surface area contributed by atoms with Gasteiger partial charge in [-0.05, 0) is 48.2 Å². The first-order valence-corrected chi connectivity index (χ1v) is 9.77. The van der Waals surface area contributed by atoms with E-state index < -0.39 is 23.5 Å². The molecule has 1 unspecified atom stereocenters. The highest BCUT2D eigenvalue weighted by molar-refractivity contribution is 7.12. The summed E-state index contributed by atoms with van der Waals surface area (Å²) in [6.07, 6.45) is 1.46. The van der Waals surface area contributed by atoms with Crippen molar-refractivity contribution in [2.24, 2.45) is 0 Å². The average molecular weight is 405 g/mol. The molecule has 1 atom stereocenters. The number of hydrogen-bond acceptors (Lipinski definition) is 6. The van der Waals surface area contributed by atoms with Crippen LogP contribution in [0.5, 0.6) is 0 Å². The molecular weight excluding hydrogens is 390 g/mol. The van der Waals surface area contributed by atoms with Crippen LogP contribution in [0, 0.1) is 6.92 Å². The highest BCUT2D eigenvalue weighted by Gasteiger charge is 2.47. The van der Waals surface area contributed by atoms with E-state index in [1.165, 1.54) is 22.5 Å². The second-order valence-electron chi connectivity index (χ2n) is 6.74. The highest BCUT2D eigenvalue weighted by Crippen LogP contribution is 2.41. The van der Waals surface area contributed by atoms with E-state index in [0.717, 1.165) is 11.1 Å². The maximum atomic E-state index is 13.1. The lowest BCUT2D eigenvalue weighted by atomic mass is 10.0. The van der Waals surface area contributed by atoms with E-state index in [9.17, 15) is 14.7 Å². The van der Waals surface area contributed by atoms with Crippen LogP contribution in [0.1, 0.15) is 27.0 Å². The number of amides is 1. The number of aromatic nitrogens is 2. The number of nitrogens with zero attached hydrogens (tertiary/aromatic N) is 2. The molecule has 0 fully saturated rings. The van der Waals surface area contributed by atoms with Crippen LogP contribution >= 0.6 is 11.3 Å². The number of hydrogen-bond donors (Lipinski definition) is 2. The van der Waals surface area contributed by atoms with Gasteiger partial charge in [0.15, 0.2) is 5.76 Å². The number of ketones is 1. The lowest BCUT2D eigenvalue weighted by Gasteiger charge is -2.22. The van der Waals surface area contributed by atoms with Crippen molar-refractivity contribution >= 4 is 40.0 Å². The third-order valence-electron chi connectivity index (χ3n) is 4.86. The average Bonchev–Trinajstić information content (AvgIpc) is 3.49. The zero-order valence-corrected chi connectivity index (χ0v) is 16.1. The van der Waals surface area contributed by atoms with Gasteiger partial charge in [0.25, 0.3) is 5.91 Å². The molecule has 3 aromatic heterocycles. The van der Waals surface area contributed by atoms with Crippen molar-refractivity contribution in [3.05, 3.63) is 81.6 Å². The van der Waals surface area contributed by atoms with Gasteiger partial charge in [0.1, 0.15) is 11.8 Å². The quantitative estimate of drug-likeness (QED) is 0.493. The van der Waals surface area contributed by atoms with E-state index in [0.29, 0.717) is 16.2 Å². The number of anilines is 1. The minimum Gasteiger partial charge on any atom is -0.503 e. The molecule has 7 nitrogen and oxygen atoms in total. The molecule has 0 saturated heterocycles. The number of aliphatic hydroxyl groups excluding tert-OH is 1. The molecule has 0 bridgehead atoms. The molecule has 0 spiro atoms. The minimum atomic E-state index is -0.922. The summed E-state index contributed by atoms with van der Waals surface area (Å²) in [6, 6.07) is 11.5. The largest absolute Gasteiger partial charge is 0.503 e. The summed E-state index contributed by atoms with van der Waals surface area (Å²) < 4.78 is 5.53. The number of aromatic amines is 1. The van der Waals surface area contributed by atoms with Gasteiger partial charge in [-0.1, -0.05) is 12.1 Å². The summed E-state index contributed by atoms with van der Waals surface area (Å²) in [4.78, 5) is 35.4. The van der Waals surface area contributed by atoms with Gasteiger partial charge in [-0.25, -0.2) is 4.98 Å². The van der Waals surface area contributed by atoms with Crippen LogP contribution in [-0.4, -0.2) is 26.8 Å². The van der Waals surface area contributed by atoms with Crippen molar-refractivity contribution in [2.45, 2.75) is 13.0 Å². The Balaban J connectivity index is 1.67. The van der Waals surface area contributed by atoms with Crippen LogP contribution in [0.4, 0.5) is 5.95 Å². The number of aliphatic hydroxyl groups is 1. The van der Waals surface area contributed by atoms with Crippen molar-refractivity contribution < 1.29 is 19.1 Å². The van der Waals surface area contributed by atoms with Crippen LogP contribution in [-0.2, 0) is 4.79 Å². The Morgan fingerprint density at radius 2 is 2.14 bits per heavy atom. The second kappa shape index (κ2) is 6.46. The Bertz CT molecular complexity index is 1270. The van der Waals surface area contributed by atoms with Crippen molar-refractivity contribution in [3.8, 4) is 0 Å². The summed E-state index contributed by atoms with van der Waals surface area (Å²) >= 11 is 1.24. The molecule has 1 aliphatic heterocycles. The van der Waals surface area contributed by atoms with E-state index in [-0.39, 0.29) is 11.5 Å². The molecule has 1 aromatic carbocycles. The van der Waals surface area contributed by atoms with Crippen LogP contribution in [0.25, 0.3) is 11.0 Å². The van der Waals surface area contributed by atoms with Crippen LogP contribution in [0.2, 0.25) is 0 Å². The van der Waals surface area contributed by atoms with Gasteiger partial charge in [-0.15, -0.1) is 11.3 Å². The lowest BCUT2D eigenvalue weighted by molar-refractivity contribution is -0.117. The van der Waals surface area contributed by atoms with Gasteiger partial charge < -0.3 is 14.5 Å². The zero-order valence-electron chi connectivity index (χ0n) is 15.2. The van der Waals surface area contributed by atoms with Gasteiger partial charge in [-0.2, -0.15) is 0 Å². The van der Waals surface area contributed by atoms with Gasteiger partial charge in [0, 0.05) is 0 Å². The number of furan rings is 1. The van der Waals surface area contributed by atoms with Gasteiger partial charge in [0.05, 0.1) is 27.7 Å². The van der Waals surface area contributed by atoms with E-state index in [4.69, 9.17) is 4.42 Å². The summed E-state index contributed by atoms with van der Waals surface area (Å²) in [5.74, 6) is -1.12. The number of Topliss-reactive ketones (excluding diaryl/α,β-unsaturated/α-hetero) is 1. The second-order valence-corrected chi connectivity index (χ2v) is 7.69. The Labute approximate surface area is 168 Å². The monoisotopic (exact) mass is 405 g/mol. The predicted molar refractivity (Wildman–Crippen MR) is 108 cm³/mol. The number of benzene rings is 1. The Hall–Kier alpha value is -3.65. The van der Waals surface area contributed by atoms with E-state index in [1.54, 1.807) is 29.6 Å². The molecule has 2 N–H and O–H groups in total. The molecule has 0 aliphatic carbocycles. The van der Waals surface area contributed by atoms with Crippen molar-refractivity contribution in [2.75, 3.05) is 4.90 Å². The third kappa shape index (κ3) is 2.68. The molecule has 5 rings (SSSR count). The van der Waals surface area contributed by atoms with Crippen molar-refractivity contribution in [3.63, 3.8) is 0 Å². The number of imidazole rings is 1. The number of carbonyl (C=O) groups excluding carboxylic acids is 2. The number of nitrogens with one attached hydrogen (secondary N) is 1. The standard InChI is InChI=1S/C21H15N3O4S/c1-11-6-7-12-13(10-11)23-21(22-12)24-17(14-4-2-8-28-14)16(19(26)20(24)27)18(25)15-5-3-9-29-15/h2-10,17,26H,1H3,(H,22,23). The fraction of sp³-hybridized carbons (Fsp3) is 0.0952. The number of thiophene rings is 1. The molecule has 144 valence electrons. The molecule has 4 aromatic rings. The van der Waals surface area contributed by atoms with E-state index in [1.807, 2.05) is 25.1 Å². The van der Waals surface area contributed by atoms with Crippen LogP contribution in [0.15, 0.2) is 69.9 Å². The summed E-state index contributed by atoms with van der Waals surface area (Å²) in [5, 5.41) is 12.4. The summed E-state index contributed by atoms with van der Waals surface area (Å²) in [7, 11) is 0. The van der Waals surface area contributed by atoms with Crippen LogP contribution in [0.3, 0.4) is 0 Å². The molecule has 1 amide bonds. The lowest BCUT2D eigenvalue weighted by Crippen LogP contribution is -2.31. The Morgan fingerprint density at radius 3 is 2.86 bits per heavy atom. The Morgan fingerprint density at radius 1 is 1.28 bits per heavy atom. The highest BCUT2D eigenvalue weighted by atomic mass is 32.1. The molecule has 29 heavy (non-hydrogen) atoms. The molecule has 8 heteroatoms. The minimum absolute atomic E-state index is 0.0240. The molecule has 0 saturated carbocycles. The number of H-pyrrole nitrogens is 1. The van der Waals surface area contributed by atoms with Gasteiger partial charge in [-0.3, -0.25) is 14.5 Å². The number of carbonyl (C=O) groups is 2. The van der Waals surface area contributed by atoms with Gasteiger partial charge >= 0.3 is 0 Å². The van der Waals surface area contributed by atoms with E-state index in [2.05, 4.69) is 9.97 Å². The van der Waals surface area contributed by atoms with E-state index >= 15 is 0 Å². The maximum absolute atomic E-state index is 13.1. The zero-order chi connectivity index (χ0) is 20.1. The number of fused-ring (bicyclic) bond motifs is 1. The van der Waals surface area contributed by atoms with Crippen molar-refractivity contribution in [1.82, 2.24) is 9.97 Å². The first kappa shape index (κ1) is 17.4. The molecule has 4 heterocycles. The van der Waals surface area contributed by atoms with Crippen LogP contribution < -0.4 is 4.90 Å². The Kier molecular flexibility index (Phi) is 3.88. The van der Waals surface area contributed by atoms with Gasteiger partial charge in [0.2, 0.25) is 11.7 Å². The predicted octanol–water partition coefficient (Wildman–Crippen LogP) is 4.31.